The van der Waals surface area contributed by atoms with Crippen molar-refractivity contribution in [3.8, 4) is 16.9 Å². The van der Waals surface area contributed by atoms with E-state index in [0.29, 0.717) is 84.9 Å². The minimum absolute atomic E-state index is 0.0130. The van der Waals surface area contributed by atoms with E-state index in [4.69, 9.17) is 29.0 Å². The average molecular weight is 1370 g/mol. The number of carboxylic acids is 2. The zero-order valence-corrected chi connectivity index (χ0v) is 56.4. The number of nitrogens with zero attached hydrogens (tertiary/aromatic N) is 7. The van der Waals surface area contributed by atoms with Crippen LogP contribution in [-0.2, 0) is 70.7 Å². The normalized spacial score (nSPS) is 23.5. The molecule has 27 heteroatoms. The third-order valence-corrected chi connectivity index (χ3v) is 20.6. The summed E-state index contributed by atoms with van der Waals surface area (Å²) in [5.41, 5.74) is 5.20. The fraction of sp³-hybridized carbons (Fsp3) is 0.479. The van der Waals surface area contributed by atoms with Gasteiger partial charge in [-0.2, -0.15) is 5.10 Å². The van der Waals surface area contributed by atoms with Crippen molar-refractivity contribution < 1.29 is 77.7 Å². The third-order valence-electron chi connectivity index (χ3n) is 19.6. The van der Waals surface area contributed by atoms with Crippen LogP contribution in [0.3, 0.4) is 0 Å². The van der Waals surface area contributed by atoms with E-state index in [1.54, 1.807) is 36.5 Å². The summed E-state index contributed by atoms with van der Waals surface area (Å²) in [5.74, 6) is -4.18. The Bertz CT molecular complexity index is 4010. The van der Waals surface area contributed by atoms with E-state index in [1.165, 1.54) is 23.3 Å². The molecule has 11 rings (SSSR count). The van der Waals surface area contributed by atoms with Gasteiger partial charge in [-0.25, -0.2) is 24.4 Å². The van der Waals surface area contributed by atoms with Gasteiger partial charge in [-0.1, -0.05) is 74.9 Å². The van der Waals surface area contributed by atoms with Crippen molar-refractivity contribution in [1.29, 1.82) is 0 Å². The number of para-hydroxylation sites is 1. The number of rotatable bonds is 27. The van der Waals surface area contributed by atoms with Crippen LogP contribution >= 0.6 is 11.3 Å². The maximum absolute atomic E-state index is 14.3. The zero-order chi connectivity index (χ0) is 69.6. The van der Waals surface area contributed by atoms with E-state index in [2.05, 4.69) is 41.7 Å². The van der Waals surface area contributed by atoms with E-state index in [1.807, 2.05) is 59.0 Å². The number of hydrogen-bond donors (Lipinski definition) is 7. The van der Waals surface area contributed by atoms with Gasteiger partial charge in [-0.3, -0.25) is 38.9 Å². The summed E-state index contributed by atoms with van der Waals surface area (Å²) in [6.45, 7) is 9.84. The van der Waals surface area contributed by atoms with Crippen LogP contribution in [0.25, 0.3) is 21.3 Å². The number of nitrogens with one attached hydrogen (secondary N) is 3. The number of carbonyl (C=O) groups excluding carboxylic acids is 6. The largest absolute Gasteiger partial charge is 0.479 e. The maximum Gasteiger partial charge on any atom is 0.410 e. The molecule has 6 aromatic rings. The summed E-state index contributed by atoms with van der Waals surface area (Å²) in [4.78, 5) is 116. The fourth-order valence-electron chi connectivity index (χ4n) is 15.1. The predicted octanol–water partition coefficient (Wildman–Crippen LogP) is 7.59. The first kappa shape index (κ1) is 70.2. The second-order valence-electron chi connectivity index (χ2n) is 27.1. The highest BCUT2D eigenvalue weighted by Crippen LogP contribution is 2.61. The van der Waals surface area contributed by atoms with Crippen molar-refractivity contribution >= 4 is 80.1 Å². The summed E-state index contributed by atoms with van der Waals surface area (Å²) in [7, 11) is 1.51. The van der Waals surface area contributed by atoms with Gasteiger partial charge in [-0.05, 0) is 135 Å². The van der Waals surface area contributed by atoms with Crippen LogP contribution in [0.1, 0.15) is 134 Å². The lowest BCUT2D eigenvalue weighted by Crippen LogP contribution is -2.55. The first-order valence-corrected chi connectivity index (χ1v) is 34.1. The number of aliphatic hydroxyl groups excluding tert-OH is 2. The Morgan fingerprint density at radius 3 is 2.43 bits per heavy atom. The van der Waals surface area contributed by atoms with Gasteiger partial charge in [-0.15, -0.1) is 0 Å². The lowest BCUT2D eigenvalue weighted by molar-refractivity contribution is -0.237. The fourth-order valence-corrected chi connectivity index (χ4v) is 16.0. The Labute approximate surface area is 570 Å². The van der Waals surface area contributed by atoms with Crippen molar-refractivity contribution in [2.24, 2.45) is 16.7 Å². The third kappa shape index (κ3) is 16.2. The number of pyridine rings is 1. The molecule has 2 aliphatic carbocycles. The number of aromatic carboxylic acids is 1. The van der Waals surface area contributed by atoms with Gasteiger partial charge in [0.1, 0.15) is 30.8 Å². The molecule has 6 heterocycles. The van der Waals surface area contributed by atoms with Crippen LogP contribution in [0.4, 0.5) is 15.7 Å². The van der Waals surface area contributed by atoms with Crippen LogP contribution in [0, 0.1) is 23.7 Å². The molecule has 3 aliphatic heterocycles. The van der Waals surface area contributed by atoms with Crippen LogP contribution in [0.15, 0.2) is 91.1 Å². The molecule has 7 N–H and O–H groups in total. The Morgan fingerprint density at radius 2 is 1.67 bits per heavy atom. The summed E-state index contributed by atoms with van der Waals surface area (Å²) < 4.78 is 27.7. The Hall–Kier alpha value is -9.15. The number of aromatic nitrogens is 4. The number of amides is 6. The SMILES string of the molecule is CCC1(C)CC2(C)CC(Cn3ncc(-c4ccc(N5CCc6cccc(C(=O)Nc7nc8ccccc8s7)c6C5)nc4C(=O)O)c3C)CC(OCCN(CCC(=O)NC)C(=O)OCc3ccc(CCCCNC(=O)CN4C(=O)C=CC4=O)cc3O[C@@H]3O[C@H](C(=O)O)[C@@H](O)C[C@H]3O)(C1)C2. The average Bonchev–Trinajstić information content (AvgIpc) is 1.40. The standard InChI is InChI=1S/C71H84N10O16S/c1-6-69(3)39-70(4)32-44(35-81-42(2)49(34-74-81)47-19-20-56(76-61(47)64(89)90)79-26-23-45-13-11-14-48(50(45)36-79)63(88)77-67-75-51-15-7-8-16-55(51)98-67)33-71(40-69,41-70)95-29-28-78(27-24-57(84)72-5)68(93)94-38-46-18-17-43(12-9-10-25-73-58(85)37-80-59(86)21-22-60(80)87)30-54(46)96-66-53(83)31-52(82)62(97-66)65(91)92/h7-8,11,13-22,30,34,44,52-53,62,66,82-83H,6,9-10,12,23-29,31-33,35-41H2,1-5H3,(H,72,84)(H,73,85)(H,89,90)(H,91,92)(H,75,77,88)/t44?,52-,53+,62-,66+,69?,70?,71?/m0/s1. The van der Waals surface area contributed by atoms with E-state index >= 15 is 0 Å². The first-order chi connectivity index (χ1) is 46.9. The van der Waals surface area contributed by atoms with Crippen molar-refractivity contribution in [3.63, 3.8) is 0 Å². The summed E-state index contributed by atoms with van der Waals surface area (Å²) in [5, 5.41) is 55.6. The van der Waals surface area contributed by atoms with E-state index in [0.717, 1.165) is 81.8 Å². The lowest BCUT2D eigenvalue weighted by Gasteiger charge is -2.59. The molecule has 1 saturated heterocycles. The Balaban J connectivity index is 0.752. The molecule has 3 fully saturated rings. The van der Waals surface area contributed by atoms with Crippen LogP contribution in [-0.4, -0.2) is 174 Å². The minimum atomic E-state index is -1.70. The number of fused-ring (bicyclic) bond motifs is 4. The van der Waals surface area contributed by atoms with Gasteiger partial charge in [0.25, 0.3) is 17.7 Å². The van der Waals surface area contributed by atoms with Gasteiger partial charge < -0.3 is 59.8 Å². The number of anilines is 2. The number of thiazole rings is 1. The molecule has 0 spiro atoms. The van der Waals surface area contributed by atoms with Crippen molar-refractivity contribution in [2.75, 3.05) is 56.6 Å². The molecule has 3 aromatic carbocycles. The van der Waals surface area contributed by atoms with Crippen LogP contribution in [0.2, 0.25) is 0 Å². The predicted molar refractivity (Wildman–Crippen MR) is 360 cm³/mol. The quantitative estimate of drug-likeness (QED) is 0.0193. The molecule has 98 heavy (non-hydrogen) atoms. The lowest BCUT2D eigenvalue weighted by atomic mass is 9.50. The number of aliphatic hydroxyl groups is 2. The zero-order valence-electron chi connectivity index (χ0n) is 55.6. The van der Waals surface area contributed by atoms with Crippen LogP contribution in [0.5, 0.6) is 5.75 Å². The molecule has 520 valence electrons. The van der Waals surface area contributed by atoms with Gasteiger partial charge in [0, 0.05) is 99.3 Å². The second kappa shape index (κ2) is 29.9. The molecular weight excluding hydrogens is 1280 g/mol. The molecule has 4 unspecified atom stereocenters. The minimum Gasteiger partial charge on any atom is -0.479 e. The molecule has 5 aliphatic rings. The molecule has 26 nitrogen and oxygen atoms in total. The number of unbranched alkanes of at least 4 members (excludes halogenated alkanes) is 1. The van der Waals surface area contributed by atoms with Crippen molar-refractivity contribution in [3.05, 3.63) is 130 Å². The van der Waals surface area contributed by atoms with Crippen LogP contribution < -0.4 is 25.6 Å². The highest BCUT2D eigenvalue weighted by Gasteiger charge is 2.56. The van der Waals surface area contributed by atoms with Crippen molar-refractivity contribution in [1.82, 2.24) is 40.2 Å². The number of aryl methyl sites for hydroxylation is 1. The maximum atomic E-state index is 14.3. The first-order valence-electron chi connectivity index (χ1n) is 33.3. The number of aliphatic carboxylic acids is 1. The van der Waals surface area contributed by atoms with Crippen molar-refractivity contribution in [2.45, 2.75) is 155 Å². The molecule has 6 amide bonds. The monoisotopic (exact) mass is 1360 g/mol. The van der Waals surface area contributed by atoms with E-state index in [-0.39, 0.29) is 85.7 Å². The molecular formula is C71H84N10O16S. The molecule has 8 atom stereocenters. The van der Waals surface area contributed by atoms with Gasteiger partial charge in [0.05, 0.1) is 34.7 Å². The number of hydrogen-bond acceptors (Lipinski definition) is 19. The summed E-state index contributed by atoms with van der Waals surface area (Å²) in [6, 6.07) is 22.1. The molecule has 3 aromatic heterocycles. The number of carboxylic acid groups (broad SMARTS) is 2. The Morgan fingerprint density at radius 1 is 0.878 bits per heavy atom. The van der Waals surface area contributed by atoms with Gasteiger partial charge >= 0.3 is 18.0 Å². The second-order valence-corrected chi connectivity index (χ2v) is 28.2. The smallest absolute Gasteiger partial charge is 0.410 e. The van der Waals surface area contributed by atoms with Gasteiger partial charge in [0.2, 0.25) is 18.1 Å². The van der Waals surface area contributed by atoms with E-state index in [9.17, 15) is 58.8 Å². The van der Waals surface area contributed by atoms with Gasteiger partial charge in [0.15, 0.2) is 16.9 Å². The summed E-state index contributed by atoms with van der Waals surface area (Å²) in [6.07, 6.45) is 3.74. The number of ether oxygens (including phenoxy) is 4. The highest BCUT2D eigenvalue weighted by molar-refractivity contribution is 7.22. The summed E-state index contributed by atoms with van der Waals surface area (Å²) >= 11 is 1.40. The molecule has 2 bridgehead atoms. The molecule has 0 radical (unpaired) electrons. The Kier molecular flexibility index (Phi) is 21.4. The van der Waals surface area contributed by atoms with E-state index < -0.39 is 72.5 Å². The molecule has 2 saturated carbocycles. The number of benzene rings is 3. The topological polar surface area (TPSA) is 344 Å². The number of carbonyl (C=O) groups is 8. The highest BCUT2D eigenvalue weighted by atomic mass is 32.1. The number of imide groups is 1.